The Kier molecular flexibility index (Phi) is 7.81. The maximum absolute atomic E-state index is 14.2. The van der Waals surface area contributed by atoms with E-state index in [0.29, 0.717) is 32.2 Å². The van der Waals surface area contributed by atoms with E-state index in [1.165, 1.54) is 18.4 Å². The molecule has 0 saturated carbocycles. The molecule has 39 heavy (non-hydrogen) atoms. The summed E-state index contributed by atoms with van der Waals surface area (Å²) in [4.78, 5) is 23.4. The van der Waals surface area contributed by atoms with Crippen molar-refractivity contribution in [1.82, 2.24) is 14.3 Å². The first-order chi connectivity index (χ1) is 18.7. The highest BCUT2D eigenvalue weighted by atomic mass is 35.5. The normalized spacial score (nSPS) is 15.0. The number of methoxy groups -OCH3 is 1. The van der Waals surface area contributed by atoms with Gasteiger partial charge in [0.2, 0.25) is 15.9 Å². The fourth-order valence-corrected chi connectivity index (χ4v) is 7.32. The Bertz CT molecular complexity index is 1630. The minimum atomic E-state index is -4.27. The molecule has 0 spiro atoms. The second-order valence-corrected chi connectivity index (χ2v) is 12.2. The lowest BCUT2D eigenvalue weighted by atomic mass is 9.96. The Morgan fingerprint density at radius 2 is 1.87 bits per heavy atom. The van der Waals surface area contributed by atoms with E-state index >= 15 is 0 Å². The van der Waals surface area contributed by atoms with Gasteiger partial charge < -0.3 is 4.74 Å². The second kappa shape index (κ2) is 11.1. The van der Waals surface area contributed by atoms with E-state index in [1.807, 2.05) is 0 Å². The lowest BCUT2D eigenvalue weighted by molar-refractivity contribution is -0.123. The van der Waals surface area contributed by atoms with Gasteiger partial charge in [0.15, 0.2) is 5.13 Å². The molecule has 0 atom stereocenters. The molecule has 1 saturated heterocycles. The van der Waals surface area contributed by atoms with Crippen LogP contribution in [-0.2, 0) is 21.4 Å². The van der Waals surface area contributed by atoms with Crippen molar-refractivity contribution in [1.29, 1.82) is 0 Å². The van der Waals surface area contributed by atoms with Gasteiger partial charge in [0.1, 0.15) is 27.8 Å². The van der Waals surface area contributed by atoms with Crippen molar-refractivity contribution in [3.63, 3.8) is 0 Å². The van der Waals surface area contributed by atoms with Gasteiger partial charge in [-0.3, -0.25) is 14.7 Å². The van der Waals surface area contributed by atoms with E-state index in [4.69, 9.17) is 16.3 Å². The third-order valence-corrected chi connectivity index (χ3v) is 10.0. The van der Waals surface area contributed by atoms with Crippen molar-refractivity contribution in [3.8, 4) is 5.75 Å². The number of benzene rings is 2. The van der Waals surface area contributed by atoms with Gasteiger partial charge in [0, 0.05) is 31.4 Å². The molecule has 0 aliphatic carbocycles. The van der Waals surface area contributed by atoms with Gasteiger partial charge in [0.05, 0.1) is 23.4 Å². The fraction of sp³-hybridized carbons (Fsp3) is 0.269. The van der Waals surface area contributed by atoms with Crippen molar-refractivity contribution in [3.05, 3.63) is 77.1 Å². The minimum absolute atomic E-state index is 0.0166. The number of pyridine rings is 1. The zero-order valence-corrected chi connectivity index (χ0v) is 23.1. The number of sulfonamides is 1. The Hall–Kier alpha value is -3.19. The van der Waals surface area contributed by atoms with E-state index in [-0.39, 0.29) is 38.4 Å². The molecule has 0 radical (unpaired) electrons. The number of hydrogen-bond donors (Lipinski definition) is 0. The van der Waals surface area contributed by atoms with E-state index in [0.717, 1.165) is 22.0 Å². The highest BCUT2D eigenvalue weighted by molar-refractivity contribution is 7.89. The number of carbonyl (C=O) groups excluding carboxylic acids is 1. The Morgan fingerprint density at radius 3 is 2.56 bits per heavy atom. The summed E-state index contributed by atoms with van der Waals surface area (Å²) in [6, 6.07) is 9.33. The number of piperidine rings is 1. The third kappa shape index (κ3) is 5.46. The molecular weight excluding hydrogens is 570 g/mol. The van der Waals surface area contributed by atoms with Crippen LogP contribution < -0.4 is 9.64 Å². The van der Waals surface area contributed by atoms with Crippen LogP contribution in [0.4, 0.5) is 13.9 Å². The molecule has 13 heteroatoms. The molecule has 0 bridgehead atoms. The largest absolute Gasteiger partial charge is 0.494 e. The molecule has 8 nitrogen and oxygen atoms in total. The third-order valence-electron chi connectivity index (χ3n) is 6.57. The number of fused-ring (bicyclic) bond motifs is 1. The molecule has 5 rings (SSSR count). The number of amides is 1. The molecule has 204 valence electrons. The number of hydrogen-bond acceptors (Lipinski definition) is 7. The van der Waals surface area contributed by atoms with Gasteiger partial charge in [-0.1, -0.05) is 22.9 Å². The SMILES string of the molecule is COc1ccc(Cl)c2sc(N(Cc3ccncc3)C(=O)C3CCN(S(=O)(=O)c4cc(F)ccc4F)CC3)nc12. The number of anilines is 1. The van der Waals surface area contributed by atoms with Crippen LogP contribution in [0.3, 0.4) is 0 Å². The predicted molar refractivity (Wildman–Crippen MR) is 144 cm³/mol. The van der Waals surface area contributed by atoms with Crippen LogP contribution in [0.15, 0.2) is 59.8 Å². The summed E-state index contributed by atoms with van der Waals surface area (Å²) in [5, 5.41) is 0.907. The van der Waals surface area contributed by atoms with Crippen LogP contribution in [0.1, 0.15) is 18.4 Å². The fourth-order valence-electron chi connectivity index (χ4n) is 4.51. The van der Waals surface area contributed by atoms with Gasteiger partial charge in [-0.2, -0.15) is 4.31 Å². The summed E-state index contributed by atoms with van der Waals surface area (Å²) in [5.41, 5.74) is 1.37. The smallest absolute Gasteiger partial charge is 0.246 e. The molecule has 1 fully saturated rings. The van der Waals surface area contributed by atoms with Gasteiger partial charge in [-0.05, 0) is 60.9 Å². The first kappa shape index (κ1) is 27.4. The predicted octanol–water partition coefficient (Wildman–Crippen LogP) is 5.27. The summed E-state index contributed by atoms with van der Waals surface area (Å²) >= 11 is 7.67. The highest BCUT2D eigenvalue weighted by Crippen LogP contribution is 2.40. The van der Waals surface area contributed by atoms with Gasteiger partial charge in [-0.25, -0.2) is 22.2 Å². The summed E-state index contributed by atoms with van der Waals surface area (Å²) < 4.78 is 61.1. The molecule has 0 unspecified atom stereocenters. The number of nitrogens with zero attached hydrogens (tertiary/aromatic N) is 4. The lowest BCUT2D eigenvalue weighted by Crippen LogP contribution is -2.44. The van der Waals surface area contributed by atoms with Crippen LogP contribution in [0.25, 0.3) is 10.2 Å². The number of thiazole rings is 1. The summed E-state index contributed by atoms with van der Waals surface area (Å²) in [5.74, 6) is -2.09. The van der Waals surface area contributed by atoms with Crippen molar-refractivity contribution >= 4 is 54.2 Å². The Balaban J connectivity index is 1.41. The average molecular weight is 593 g/mol. The van der Waals surface area contributed by atoms with E-state index in [2.05, 4.69) is 9.97 Å². The van der Waals surface area contributed by atoms with Gasteiger partial charge in [0.25, 0.3) is 0 Å². The molecule has 4 aromatic rings. The number of aromatic nitrogens is 2. The average Bonchev–Trinajstić information content (AvgIpc) is 3.40. The van der Waals surface area contributed by atoms with Crippen LogP contribution in [-0.4, -0.2) is 48.8 Å². The summed E-state index contributed by atoms with van der Waals surface area (Å²) in [6.07, 6.45) is 3.67. The molecule has 1 aliphatic rings. The van der Waals surface area contributed by atoms with Crippen molar-refractivity contribution in [2.45, 2.75) is 24.3 Å². The maximum Gasteiger partial charge on any atom is 0.246 e. The molecule has 0 N–H and O–H groups in total. The van der Waals surface area contributed by atoms with Crippen molar-refractivity contribution in [2.75, 3.05) is 25.1 Å². The Morgan fingerprint density at radius 1 is 1.15 bits per heavy atom. The van der Waals surface area contributed by atoms with E-state index in [9.17, 15) is 22.0 Å². The minimum Gasteiger partial charge on any atom is -0.494 e. The first-order valence-corrected chi connectivity index (χ1v) is 14.6. The zero-order valence-electron chi connectivity index (χ0n) is 20.7. The number of rotatable bonds is 7. The number of ether oxygens (including phenoxy) is 1. The molecule has 1 aliphatic heterocycles. The summed E-state index contributed by atoms with van der Waals surface area (Å²) in [7, 11) is -2.74. The maximum atomic E-state index is 14.2. The molecular formula is C26H23ClF2N4O4S2. The topological polar surface area (TPSA) is 92.7 Å². The Labute approximate surface area is 232 Å². The summed E-state index contributed by atoms with van der Waals surface area (Å²) in [6.45, 7) is 0.183. The lowest BCUT2D eigenvalue weighted by Gasteiger charge is -2.33. The van der Waals surface area contributed by atoms with Crippen LogP contribution in [0.2, 0.25) is 5.02 Å². The zero-order chi connectivity index (χ0) is 27.7. The molecule has 2 aromatic carbocycles. The van der Waals surface area contributed by atoms with E-state index in [1.54, 1.807) is 41.6 Å². The molecule has 3 heterocycles. The standard InChI is InChI=1S/C26H23ClF2N4O4S2/c1-37-21-5-3-19(27)24-23(21)31-26(38-24)33(15-16-6-10-30-11-7-16)25(34)17-8-12-32(13-9-17)39(35,36)22-14-18(28)2-4-20(22)29/h2-7,10-11,14,17H,8-9,12-13,15H2,1H3. The first-order valence-electron chi connectivity index (χ1n) is 12.0. The van der Waals surface area contributed by atoms with Crippen LogP contribution >= 0.6 is 22.9 Å². The second-order valence-electron chi connectivity index (χ2n) is 8.96. The highest BCUT2D eigenvalue weighted by Gasteiger charge is 2.36. The van der Waals surface area contributed by atoms with Crippen LogP contribution in [0, 0.1) is 17.6 Å². The quantitative estimate of drug-likeness (QED) is 0.290. The molecule has 1 amide bonds. The van der Waals surface area contributed by atoms with Crippen molar-refractivity contribution < 1.29 is 26.7 Å². The van der Waals surface area contributed by atoms with Gasteiger partial charge >= 0.3 is 0 Å². The van der Waals surface area contributed by atoms with E-state index < -0.39 is 32.5 Å². The molecule has 2 aromatic heterocycles. The van der Waals surface area contributed by atoms with Gasteiger partial charge in [-0.15, -0.1) is 0 Å². The number of halogens is 3. The number of carbonyl (C=O) groups is 1. The monoisotopic (exact) mass is 592 g/mol. The van der Waals surface area contributed by atoms with Crippen molar-refractivity contribution in [2.24, 2.45) is 5.92 Å². The van der Waals surface area contributed by atoms with Crippen LogP contribution in [0.5, 0.6) is 5.75 Å².